The molecule has 0 radical (unpaired) electrons. The lowest BCUT2D eigenvalue weighted by atomic mass is 10.0. The van der Waals surface area contributed by atoms with Crippen LogP contribution in [0.1, 0.15) is 29.5 Å². The van der Waals surface area contributed by atoms with Crippen LogP contribution in [0.2, 0.25) is 0 Å². The highest BCUT2D eigenvalue weighted by Gasteiger charge is 2.21. The van der Waals surface area contributed by atoms with Gasteiger partial charge in [0.05, 0.1) is 6.42 Å². The quantitative estimate of drug-likeness (QED) is 0.871. The van der Waals surface area contributed by atoms with E-state index >= 15 is 0 Å². The Morgan fingerprint density at radius 1 is 1.19 bits per heavy atom. The zero-order valence-corrected chi connectivity index (χ0v) is 16.0. The normalized spacial score (nSPS) is 16.7. The van der Waals surface area contributed by atoms with Crippen LogP contribution in [-0.2, 0) is 17.8 Å². The van der Waals surface area contributed by atoms with Gasteiger partial charge in [-0.15, -0.1) is 12.4 Å². The molecule has 1 aliphatic rings. The maximum absolute atomic E-state index is 12.5. The Morgan fingerprint density at radius 2 is 1.96 bits per heavy atom. The summed E-state index contributed by atoms with van der Waals surface area (Å²) in [5.41, 5.74) is 9.31. The molecule has 4 nitrogen and oxygen atoms in total. The topological polar surface area (TPSA) is 55.6 Å². The molecule has 2 aromatic carbocycles. The number of amides is 1. The summed E-state index contributed by atoms with van der Waals surface area (Å²) in [5, 5.41) is 0. The Balaban J connectivity index is 0.00000243. The van der Waals surface area contributed by atoms with Crippen LogP contribution in [-0.4, -0.2) is 29.9 Å². The fraction of sp³-hybridized carbons (Fsp3) is 0.381. The largest absolute Gasteiger partial charge is 0.489 e. The maximum atomic E-state index is 12.5. The molecule has 26 heavy (non-hydrogen) atoms. The SMILES string of the molecule is Cc1cccc(COc2cccc(CC(=O)N3CCCC(N)C3)c2)c1.Cl. The molecule has 1 saturated heterocycles. The van der Waals surface area contributed by atoms with E-state index < -0.39 is 0 Å². The Labute approximate surface area is 161 Å². The van der Waals surface area contributed by atoms with Crippen LogP contribution in [0.4, 0.5) is 0 Å². The first-order chi connectivity index (χ1) is 12.1. The lowest BCUT2D eigenvalue weighted by Crippen LogP contribution is -2.46. The average molecular weight is 375 g/mol. The molecule has 1 fully saturated rings. The number of nitrogens with two attached hydrogens (primary N) is 1. The van der Waals surface area contributed by atoms with Crippen molar-refractivity contribution >= 4 is 18.3 Å². The van der Waals surface area contributed by atoms with E-state index in [9.17, 15) is 4.79 Å². The monoisotopic (exact) mass is 374 g/mol. The second-order valence-corrected chi connectivity index (χ2v) is 6.84. The zero-order valence-electron chi connectivity index (χ0n) is 15.2. The van der Waals surface area contributed by atoms with Crippen molar-refractivity contribution in [2.45, 2.75) is 38.8 Å². The summed E-state index contributed by atoms with van der Waals surface area (Å²) in [7, 11) is 0. The van der Waals surface area contributed by atoms with Crippen LogP contribution in [0.25, 0.3) is 0 Å². The Bertz CT molecular complexity index is 735. The summed E-state index contributed by atoms with van der Waals surface area (Å²) in [4.78, 5) is 14.4. The van der Waals surface area contributed by atoms with Crippen molar-refractivity contribution in [1.29, 1.82) is 0 Å². The molecule has 2 N–H and O–H groups in total. The molecule has 1 unspecified atom stereocenters. The van der Waals surface area contributed by atoms with Crippen molar-refractivity contribution in [1.82, 2.24) is 4.90 Å². The van der Waals surface area contributed by atoms with Crippen LogP contribution < -0.4 is 10.5 Å². The minimum absolute atomic E-state index is 0. The number of hydrogen-bond donors (Lipinski definition) is 1. The number of carbonyl (C=O) groups excluding carboxylic acids is 1. The summed E-state index contributed by atoms with van der Waals surface area (Å²) in [6.45, 7) is 4.08. The molecule has 1 amide bonds. The van der Waals surface area contributed by atoms with Crippen LogP contribution in [0.3, 0.4) is 0 Å². The molecule has 0 aromatic heterocycles. The van der Waals surface area contributed by atoms with Gasteiger partial charge in [-0.2, -0.15) is 0 Å². The fourth-order valence-electron chi connectivity index (χ4n) is 3.24. The second-order valence-electron chi connectivity index (χ2n) is 6.84. The predicted octanol–water partition coefficient (Wildman–Crippen LogP) is 3.49. The molecule has 5 heteroatoms. The van der Waals surface area contributed by atoms with Gasteiger partial charge in [0.2, 0.25) is 5.91 Å². The van der Waals surface area contributed by atoms with Crippen molar-refractivity contribution in [3.05, 3.63) is 65.2 Å². The van der Waals surface area contributed by atoms with Crippen LogP contribution in [0, 0.1) is 6.92 Å². The molecule has 0 bridgehead atoms. The lowest BCUT2D eigenvalue weighted by Gasteiger charge is -2.30. The number of aryl methyl sites for hydroxylation is 1. The average Bonchev–Trinajstić information content (AvgIpc) is 2.60. The third kappa shape index (κ3) is 5.75. The van der Waals surface area contributed by atoms with Gasteiger partial charge in [-0.25, -0.2) is 0 Å². The highest BCUT2D eigenvalue weighted by atomic mass is 35.5. The van der Waals surface area contributed by atoms with Gasteiger partial charge >= 0.3 is 0 Å². The predicted molar refractivity (Wildman–Crippen MR) is 107 cm³/mol. The Morgan fingerprint density at radius 3 is 2.73 bits per heavy atom. The van der Waals surface area contributed by atoms with Crippen molar-refractivity contribution in [3.63, 3.8) is 0 Å². The molecular weight excluding hydrogens is 348 g/mol. The molecule has 2 aromatic rings. The van der Waals surface area contributed by atoms with Gasteiger partial charge < -0.3 is 15.4 Å². The number of nitrogens with zero attached hydrogens (tertiary/aromatic N) is 1. The van der Waals surface area contributed by atoms with Crippen LogP contribution >= 0.6 is 12.4 Å². The van der Waals surface area contributed by atoms with Crippen molar-refractivity contribution < 1.29 is 9.53 Å². The number of hydrogen-bond acceptors (Lipinski definition) is 3. The Hall–Kier alpha value is -2.04. The first kappa shape index (κ1) is 20.3. The standard InChI is InChI=1S/C21H26N2O2.ClH/c1-16-5-2-7-18(11-16)15-25-20-9-3-6-17(12-20)13-21(24)23-10-4-8-19(22)14-23;/h2-3,5-7,9,11-12,19H,4,8,10,13-15,22H2,1H3;1H. The van der Waals surface area contributed by atoms with E-state index in [1.807, 2.05) is 35.2 Å². The van der Waals surface area contributed by atoms with E-state index in [1.54, 1.807) is 0 Å². The summed E-state index contributed by atoms with van der Waals surface area (Å²) < 4.78 is 5.89. The summed E-state index contributed by atoms with van der Waals surface area (Å²) in [6.07, 6.45) is 2.40. The van der Waals surface area contributed by atoms with Gasteiger partial charge in [0, 0.05) is 19.1 Å². The third-order valence-corrected chi connectivity index (χ3v) is 4.55. The van der Waals surface area contributed by atoms with Crippen molar-refractivity contribution in [2.24, 2.45) is 5.73 Å². The number of benzene rings is 2. The van der Waals surface area contributed by atoms with E-state index in [0.29, 0.717) is 19.6 Å². The summed E-state index contributed by atoms with van der Waals surface area (Å²) >= 11 is 0. The summed E-state index contributed by atoms with van der Waals surface area (Å²) in [5.74, 6) is 0.938. The number of piperidine rings is 1. The van der Waals surface area contributed by atoms with E-state index in [1.165, 1.54) is 5.56 Å². The van der Waals surface area contributed by atoms with E-state index in [2.05, 4.69) is 25.1 Å². The van der Waals surface area contributed by atoms with Gasteiger partial charge in [-0.05, 0) is 43.0 Å². The van der Waals surface area contributed by atoms with Crippen molar-refractivity contribution in [3.8, 4) is 5.75 Å². The van der Waals surface area contributed by atoms with Gasteiger partial charge in [0.25, 0.3) is 0 Å². The van der Waals surface area contributed by atoms with E-state index in [0.717, 1.165) is 36.3 Å². The summed E-state index contributed by atoms with van der Waals surface area (Å²) in [6, 6.07) is 16.2. The molecular formula is C21H27ClN2O2. The number of rotatable bonds is 5. The zero-order chi connectivity index (χ0) is 17.6. The molecule has 1 atom stereocenters. The number of carbonyl (C=O) groups is 1. The smallest absolute Gasteiger partial charge is 0.227 e. The Kier molecular flexibility index (Phi) is 7.49. The minimum Gasteiger partial charge on any atom is -0.489 e. The third-order valence-electron chi connectivity index (χ3n) is 4.55. The maximum Gasteiger partial charge on any atom is 0.227 e. The van der Waals surface area contributed by atoms with Crippen LogP contribution in [0.15, 0.2) is 48.5 Å². The van der Waals surface area contributed by atoms with Crippen LogP contribution in [0.5, 0.6) is 5.75 Å². The lowest BCUT2D eigenvalue weighted by molar-refractivity contribution is -0.131. The first-order valence-corrected chi connectivity index (χ1v) is 8.91. The first-order valence-electron chi connectivity index (χ1n) is 8.91. The highest BCUT2D eigenvalue weighted by molar-refractivity contribution is 5.85. The molecule has 0 spiro atoms. The second kappa shape index (κ2) is 9.60. The number of halogens is 1. The molecule has 0 aliphatic carbocycles. The molecule has 1 aliphatic heterocycles. The fourth-order valence-corrected chi connectivity index (χ4v) is 3.24. The highest BCUT2D eigenvalue weighted by Crippen LogP contribution is 2.17. The number of ether oxygens (including phenoxy) is 1. The molecule has 1 heterocycles. The number of likely N-dealkylation sites (tertiary alicyclic amines) is 1. The van der Waals surface area contributed by atoms with E-state index in [4.69, 9.17) is 10.5 Å². The van der Waals surface area contributed by atoms with Crippen molar-refractivity contribution in [2.75, 3.05) is 13.1 Å². The van der Waals surface area contributed by atoms with Gasteiger partial charge in [-0.1, -0.05) is 42.0 Å². The van der Waals surface area contributed by atoms with Gasteiger partial charge in [0.1, 0.15) is 12.4 Å². The van der Waals surface area contributed by atoms with E-state index in [-0.39, 0.29) is 24.4 Å². The molecule has 3 rings (SSSR count). The molecule has 0 saturated carbocycles. The minimum atomic E-state index is 0. The van der Waals surface area contributed by atoms with Gasteiger partial charge in [-0.3, -0.25) is 4.79 Å². The molecule has 140 valence electrons. The van der Waals surface area contributed by atoms with Gasteiger partial charge in [0.15, 0.2) is 0 Å².